The fourth-order valence-electron chi connectivity index (χ4n) is 3.41. The Kier molecular flexibility index (Phi) is 3.69. The third-order valence-corrected chi connectivity index (χ3v) is 4.73. The van der Waals surface area contributed by atoms with E-state index in [0.29, 0.717) is 0 Å². The second-order valence-corrected chi connectivity index (χ2v) is 6.41. The molecule has 2 aliphatic rings. The van der Waals surface area contributed by atoms with Gasteiger partial charge in [0.05, 0.1) is 6.54 Å². The molecular weight excluding hydrogens is 363 g/mol. The Morgan fingerprint density at radius 1 is 1.00 bits per heavy atom. The molecule has 0 aromatic heterocycles. The molecule has 2 N–H and O–H groups in total. The lowest BCUT2D eigenvalue weighted by Gasteiger charge is -2.31. The first kappa shape index (κ1) is 17.1. The number of imide groups is 1. The molecule has 4 rings (SSSR count). The molecule has 2 heterocycles. The molecule has 0 bridgehead atoms. The van der Waals surface area contributed by atoms with Crippen molar-refractivity contribution in [2.75, 3.05) is 6.54 Å². The minimum Gasteiger partial charge on any atom is -0.331 e. The fourth-order valence-corrected chi connectivity index (χ4v) is 3.41. The number of nitrogens with one attached hydrogen (secondary N) is 2. The lowest BCUT2D eigenvalue weighted by molar-refractivity contribution is -0.124. The SMILES string of the molecule is O=C1NC(=O)C(CN2Cc3cc(F)c(F)cc3C2=O)(c2ccc(F)cc2)N1. The number of halogens is 3. The quantitative estimate of drug-likeness (QED) is 0.803. The Morgan fingerprint density at radius 2 is 1.67 bits per heavy atom. The number of hydrogen-bond acceptors (Lipinski definition) is 3. The van der Waals surface area contributed by atoms with Gasteiger partial charge in [0.2, 0.25) is 0 Å². The van der Waals surface area contributed by atoms with Crippen molar-refractivity contribution in [1.82, 2.24) is 15.5 Å². The molecule has 6 nitrogen and oxygen atoms in total. The van der Waals surface area contributed by atoms with E-state index < -0.39 is 40.8 Å². The maximum atomic E-state index is 13.5. The van der Waals surface area contributed by atoms with Crippen molar-refractivity contribution in [2.45, 2.75) is 12.1 Å². The van der Waals surface area contributed by atoms with Crippen LogP contribution in [0, 0.1) is 17.5 Å². The third kappa shape index (κ3) is 2.62. The zero-order valence-electron chi connectivity index (χ0n) is 13.7. The van der Waals surface area contributed by atoms with Crippen molar-refractivity contribution in [3.05, 3.63) is 70.5 Å². The molecular formula is C18H12F3N3O3. The Bertz CT molecular complexity index is 993. The van der Waals surface area contributed by atoms with Gasteiger partial charge in [0, 0.05) is 12.1 Å². The average molecular weight is 375 g/mol. The lowest BCUT2D eigenvalue weighted by Crippen LogP contribution is -2.52. The first-order valence-corrected chi connectivity index (χ1v) is 7.97. The smallest absolute Gasteiger partial charge is 0.322 e. The molecule has 1 atom stereocenters. The highest BCUT2D eigenvalue weighted by molar-refractivity contribution is 6.08. The van der Waals surface area contributed by atoms with Crippen LogP contribution in [0.5, 0.6) is 0 Å². The van der Waals surface area contributed by atoms with E-state index in [1.54, 1.807) is 0 Å². The first-order valence-electron chi connectivity index (χ1n) is 7.97. The Labute approximate surface area is 151 Å². The highest BCUT2D eigenvalue weighted by atomic mass is 19.2. The number of carbonyl (C=O) groups excluding carboxylic acids is 3. The van der Waals surface area contributed by atoms with Gasteiger partial charge in [-0.3, -0.25) is 14.9 Å². The Hall–Kier alpha value is -3.36. The molecule has 9 heteroatoms. The van der Waals surface area contributed by atoms with Crippen LogP contribution in [0.4, 0.5) is 18.0 Å². The summed E-state index contributed by atoms with van der Waals surface area (Å²) in [6.45, 7) is -0.343. The van der Waals surface area contributed by atoms with Gasteiger partial charge in [-0.2, -0.15) is 0 Å². The highest BCUT2D eigenvalue weighted by Gasteiger charge is 2.50. The van der Waals surface area contributed by atoms with Crippen LogP contribution in [0.25, 0.3) is 0 Å². The Morgan fingerprint density at radius 3 is 2.30 bits per heavy atom. The van der Waals surface area contributed by atoms with Crippen LogP contribution in [0.3, 0.4) is 0 Å². The summed E-state index contributed by atoms with van der Waals surface area (Å²) in [5.41, 5.74) is -1.10. The van der Waals surface area contributed by atoms with Crippen molar-refractivity contribution >= 4 is 17.8 Å². The topological polar surface area (TPSA) is 78.5 Å². The minimum atomic E-state index is -1.64. The van der Waals surface area contributed by atoms with E-state index in [4.69, 9.17) is 0 Å². The van der Waals surface area contributed by atoms with Crippen molar-refractivity contribution in [1.29, 1.82) is 0 Å². The predicted molar refractivity (Wildman–Crippen MR) is 85.9 cm³/mol. The van der Waals surface area contributed by atoms with Gasteiger partial charge in [-0.15, -0.1) is 0 Å². The summed E-state index contributed by atoms with van der Waals surface area (Å²) in [7, 11) is 0. The minimum absolute atomic E-state index is 0.00659. The van der Waals surface area contributed by atoms with Gasteiger partial charge in [-0.1, -0.05) is 12.1 Å². The number of amides is 4. The molecule has 0 radical (unpaired) electrons. The number of rotatable bonds is 3. The van der Waals surface area contributed by atoms with Crippen LogP contribution < -0.4 is 10.6 Å². The van der Waals surface area contributed by atoms with Gasteiger partial charge in [0.25, 0.3) is 11.8 Å². The molecule has 2 aliphatic heterocycles. The van der Waals surface area contributed by atoms with Crippen molar-refractivity contribution in [3.8, 4) is 0 Å². The van der Waals surface area contributed by atoms with Crippen LogP contribution in [0.1, 0.15) is 21.5 Å². The third-order valence-electron chi connectivity index (χ3n) is 4.73. The first-order chi connectivity index (χ1) is 12.8. The van der Waals surface area contributed by atoms with E-state index in [1.807, 2.05) is 0 Å². The number of fused-ring (bicyclic) bond motifs is 1. The van der Waals surface area contributed by atoms with E-state index in [1.165, 1.54) is 17.0 Å². The normalized spacial score (nSPS) is 21.3. The highest BCUT2D eigenvalue weighted by Crippen LogP contribution is 2.32. The van der Waals surface area contributed by atoms with E-state index in [0.717, 1.165) is 24.3 Å². The predicted octanol–water partition coefficient (Wildman–Crippen LogP) is 1.79. The van der Waals surface area contributed by atoms with Crippen LogP contribution >= 0.6 is 0 Å². The number of benzene rings is 2. The van der Waals surface area contributed by atoms with Gasteiger partial charge in [0.15, 0.2) is 17.2 Å². The molecule has 2 aromatic rings. The summed E-state index contributed by atoms with van der Waals surface area (Å²) in [6.07, 6.45) is 0. The fraction of sp³-hybridized carbons (Fsp3) is 0.167. The molecule has 1 fully saturated rings. The van der Waals surface area contributed by atoms with Crippen molar-refractivity contribution < 1.29 is 27.6 Å². The van der Waals surface area contributed by atoms with E-state index in [2.05, 4.69) is 10.6 Å². The zero-order chi connectivity index (χ0) is 19.3. The summed E-state index contributed by atoms with van der Waals surface area (Å²) in [4.78, 5) is 38.1. The summed E-state index contributed by atoms with van der Waals surface area (Å²) < 4.78 is 40.2. The second kappa shape index (κ2) is 5.83. The van der Waals surface area contributed by atoms with E-state index >= 15 is 0 Å². The van der Waals surface area contributed by atoms with Gasteiger partial charge < -0.3 is 10.2 Å². The molecule has 2 aromatic carbocycles. The van der Waals surface area contributed by atoms with Crippen LogP contribution in [0.2, 0.25) is 0 Å². The molecule has 0 spiro atoms. The van der Waals surface area contributed by atoms with Crippen LogP contribution in [-0.2, 0) is 16.9 Å². The summed E-state index contributed by atoms with van der Waals surface area (Å²) >= 11 is 0. The van der Waals surface area contributed by atoms with Gasteiger partial charge in [-0.05, 0) is 35.4 Å². The molecule has 27 heavy (non-hydrogen) atoms. The maximum absolute atomic E-state index is 13.5. The summed E-state index contributed by atoms with van der Waals surface area (Å²) in [6, 6.07) is 5.89. The van der Waals surface area contributed by atoms with E-state index in [-0.39, 0.29) is 29.8 Å². The maximum Gasteiger partial charge on any atom is 0.322 e. The van der Waals surface area contributed by atoms with Crippen molar-refractivity contribution in [2.24, 2.45) is 0 Å². The number of urea groups is 1. The summed E-state index contributed by atoms with van der Waals surface area (Å²) in [5.74, 6) is -4.07. The number of hydrogen-bond donors (Lipinski definition) is 2. The zero-order valence-corrected chi connectivity index (χ0v) is 13.7. The molecule has 0 aliphatic carbocycles. The Balaban J connectivity index is 1.72. The number of nitrogens with zero attached hydrogens (tertiary/aromatic N) is 1. The summed E-state index contributed by atoms with van der Waals surface area (Å²) in [5, 5.41) is 4.59. The second-order valence-electron chi connectivity index (χ2n) is 6.41. The van der Waals surface area contributed by atoms with E-state index in [9.17, 15) is 27.6 Å². The largest absolute Gasteiger partial charge is 0.331 e. The van der Waals surface area contributed by atoms with Crippen molar-refractivity contribution in [3.63, 3.8) is 0 Å². The van der Waals surface area contributed by atoms with Crippen LogP contribution in [0.15, 0.2) is 36.4 Å². The molecule has 0 saturated carbocycles. The van der Waals surface area contributed by atoms with Gasteiger partial charge >= 0.3 is 6.03 Å². The molecule has 4 amide bonds. The van der Waals surface area contributed by atoms with Gasteiger partial charge in [-0.25, -0.2) is 18.0 Å². The average Bonchev–Trinajstić information content (AvgIpc) is 3.06. The monoisotopic (exact) mass is 375 g/mol. The van der Waals surface area contributed by atoms with Crippen LogP contribution in [-0.4, -0.2) is 29.3 Å². The molecule has 1 unspecified atom stereocenters. The molecule has 138 valence electrons. The van der Waals surface area contributed by atoms with Gasteiger partial charge in [0.1, 0.15) is 5.82 Å². The standard InChI is InChI=1S/C18H12F3N3O3/c19-11-3-1-10(2-4-11)18(16(26)22-17(27)23-18)8-24-7-9-5-13(20)14(21)6-12(9)15(24)25/h1-6H,7-8H2,(H2,22,23,26,27). The lowest BCUT2D eigenvalue weighted by atomic mass is 9.89. The molecule has 1 saturated heterocycles. The number of carbonyl (C=O) groups is 3.